The van der Waals surface area contributed by atoms with E-state index in [4.69, 9.17) is 15.2 Å². The summed E-state index contributed by atoms with van der Waals surface area (Å²) in [5.74, 6) is 0.0924. The van der Waals surface area contributed by atoms with Crippen LogP contribution in [0.15, 0.2) is 29.2 Å². The Bertz CT molecular complexity index is 769. The lowest BCUT2D eigenvalue weighted by molar-refractivity contribution is -0.0686. The van der Waals surface area contributed by atoms with Gasteiger partial charge in [0, 0.05) is 12.8 Å². The van der Waals surface area contributed by atoms with Crippen LogP contribution in [0.1, 0.15) is 103 Å². The number of aromatic nitrogens is 2. The number of aliphatic hydroxyl groups is 2. The van der Waals surface area contributed by atoms with E-state index in [1.54, 1.807) is 0 Å². The van der Waals surface area contributed by atoms with E-state index < -0.39 is 30.2 Å². The third-order valence-electron chi connectivity index (χ3n) is 6.55. The number of unbranched alkanes of at least 4 members (excludes halogenated alkanes) is 12. The molecule has 0 spiro atoms. The molecule has 1 aromatic heterocycles. The number of aliphatic hydroxyl groups excluding tert-OH is 2. The van der Waals surface area contributed by atoms with Gasteiger partial charge in [-0.2, -0.15) is 4.98 Å². The Balaban J connectivity index is 1.44. The highest BCUT2D eigenvalue weighted by atomic mass is 16.6. The zero-order valence-electron chi connectivity index (χ0n) is 21.5. The Morgan fingerprint density at radius 1 is 0.971 bits per heavy atom. The van der Waals surface area contributed by atoms with Crippen LogP contribution in [0.4, 0.5) is 5.82 Å². The molecular formula is C27H47N3O5. The highest BCUT2D eigenvalue weighted by molar-refractivity contribution is 5.23. The number of rotatable bonds is 19. The average Bonchev–Trinajstić information content (AvgIpc) is 3.12. The van der Waals surface area contributed by atoms with E-state index in [9.17, 15) is 15.0 Å². The van der Waals surface area contributed by atoms with Crippen molar-refractivity contribution in [3.63, 3.8) is 0 Å². The predicted molar refractivity (Wildman–Crippen MR) is 139 cm³/mol. The fraction of sp³-hybridized carbons (Fsp3) is 0.778. The first-order valence-corrected chi connectivity index (χ1v) is 13.6. The minimum Gasteiger partial charge on any atom is -0.387 e. The monoisotopic (exact) mass is 493 g/mol. The lowest BCUT2D eigenvalue weighted by atomic mass is 10.1. The van der Waals surface area contributed by atoms with E-state index in [0.717, 1.165) is 17.4 Å². The zero-order chi connectivity index (χ0) is 25.3. The summed E-state index contributed by atoms with van der Waals surface area (Å²) in [6, 6.07) is 1.45. The van der Waals surface area contributed by atoms with Crippen molar-refractivity contribution in [2.75, 3.05) is 18.9 Å². The second-order valence-electron chi connectivity index (χ2n) is 9.60. The number of ether oxygens (including phenoxy) is 2. The minimum absolute atomic E-state index is 0.0924. The number of nitrogen functional groups attached to an aromatic ring is 1. The number of nitrogens with two attached hydrogens (primary N) is 1. The van der Waals surface area contributed by atoms with Crippen LogP contribution in [-0.4, -0.2) is 51.3 Å². The van der Waals surface area contributed by atoms with Crippen LogP contribution in [0.5, 0.6) is 0 Å². The molecule has 2 rings (SSSR count). The van der Waals surface area contributed by atoms with Crippen molar-refractivity contribution in [3.8, 4) is 0 Å². The number of allylic oxidation sites excluding steroid dienone is 2. The predicted octanol–water partition coefficient (Wildman–Crippen LogP) is 4.50. The molecule has 0 aliphatic carbocycles. The van der Waals surface area contributed by atoms with Gasteiger partial charge in [0.2, 0.25) is 0 Å². The SMILES string of the molecule is CCCCCCCCC=CCCCCCCCCOC[C@H]1O[C@@H](n2ccc(N)nc2=O)[C@H](O)[C@@H]1O. The molecule has 8 heteroatoms. The third kappa shape index (κ3) is 11.2. The molecule has 35 heavy (non-hydrogen) atoms. The van der Waals surface area contributed by atoms with E-state index in [0.29, 0.717) is 6.61 Å². The Kier molecular flexibility index (Phi) is 14.9. The van der Waals surface area contributed by atoms with Gasteiger partial charge < -0.3 is 25.4 Å². The van der Waals surface area contributed by atoms with E-state index in [-0.39, 0.29) is 12.4 Å². The van der Waals surface area contributed by atoms with Crippen molar-refractivity contribution in [2.45, 2.75) is 121 Å². The molecule has 4 N–H and O–H groups in total. The summed E-state index contributed by atoms with van der Waals surface area (Å²) in [6.45, 7) is 3.00. The van der Waals surface area contributed by atoms with Crippen LogP contribution in [-0.2, 0) is 9.47 Å². The molecular weight excluding hydrogens is 446 g/mol. The van der Waals surface area contributed by atoms with Crippen molar-refractivity contribution in [1.29, 1.82) is 0 Å². The zero-order valence-corrected chi connectivity index (χ0v) is 21.5. The highest BCUT2D eigenvalue weighted by Gasteiger charge is 2.44. The second kappa shape index (κ2) is 17.7. The van der Waals surface area contributed by atoms with Crippen LogP contribution >= 0.6 is 0 Å². The Hall–Kier alpha value is -1.74. The molecule has 0 bridgehead atoms. The quantitative estimate of drug-likeness (QED) is 0.192. The first-order chi connectivity index (χ1) is 17.0. The van der Waals surface area contributed by atoms with Crippen molar-refractivity contribution in [3.05, 3.63) is 34.9 Å². The van der Waals surface area contributed by atoms with Crippen molar-refractivity contribution in [1.82, 2.24) is 9.55 Å². The maximum absolute atomic E-state index is 12.0. The number of hydrogen-bond acceptors (Lipinski definition) is 7. The Morgan fingerprint density at radius 2 is 1.57 bits per heavy atom. The van der Waals surface area contributed by atoms with Crippen LogP contribution in [0.3, 0.4) is 0 Å². The van der Waals surface area contributed by atoms with Gasteiger partial charge in [-0.15, -0.1) is 0 Å². The first-order valence-electron chi connectivity index (χ1n) is 13.6. The van der Waals surface area contributed by atoms with E-state index in [1.165, 1.54) is 89.3 Å². The van der Waals surface area contributed by atoms with Crippen LogP contribution < -0.4 is 11.4 Å². The van der Waals surface area contributed by atoms with Crippen LogP contribution in [0.2, 0.25) is 0 Å². The summed E-state index contributed by atoms with van der Waals surface area (Å²) < 4.78 is 12.5. The maximum Gasteiger partial charge on any atom is 0.351 e. The van der Waals surface area contributed by atoms with Crippen LogP contribution in [0, 0.1) is 0 Å². The molecule has 8 nitrogen and oxygen atoms in total. The summed E-state index contributed by atoms with van der Waals surface area (Å²) in [5, 5.41) is 20.5. The van der Waals surface area contributed by atoms with Crippen molar-refractivity contribution >= 4 is 5.82 Å². The van der Waals surface area contributed by atoms with E-state index in [2.05, 4.69) is 24.1 Å². The lowest BCUT2D eigenvalue weighted by Gasteiger charge is -2.16. The highest BCUT2D eigenvalue weighted by Crippen LogP contribution is 2.28. The summed E-state index contributed by atoms with van der Waals surface area (Å²) in [5.41, 5.74) is 4.86. The van der Waals surface area contributed by atoms with E-state index in [1.807, 2.05) is 0 Å². The molecule has 0 radical (unpaired) electrons. The Morgan fingerprint density at radius 3 is 2.20 bits per heavy atom. The fourth-order valence-corrected chi connectivity index (χ4v) is 4.37. The number of nitrogens with zero attached hydrogens (tertiary/aromatic N) is 2. The molecule has 1 saturated heterocycles. The molecule has 0 amide bonds. The normalized spacial score (nSPS) is 22.4. The maximum atomic E-state index is 12.0. The summed E-state index contributed by atoms with van der Waals surface area (Å²) in [6.07, 6.45) is 19.6. The van der Waals surface area contributed by atoms with Gasteiger partial charge in [-0.1, -0.05) is 76.9 Å². The second-order valence-corrected chi connectivity index (χ2v) is 9.60. The summed E-state index contributed by atoms with van der Waals surface area (Å²) in [4.78, 5) is 15.6. The smallest absolute Gasteiger partial charge is 0.351 e. The fourth-order valence-electron chi connectivity index (χ4n) is 4.37. The molecule has 4 atom stereocenters. The molecule has 1 fully saturated rings. The third-order valence-corrected chi connectivity index (χ3v) is 6.55. The molecule has 1 aliphatic heterocycles. The molecule has 0 aromatic carbocycles. The van der Waals surface area contributed by atoms with Crippen molar-refractivity contribution < 1.29 is 19.7 Å². The molecule has 0 saturated carbocycles. The summed E-state index contributed by atoms with van der Waals surface area (Å²) >= 11 is 0. The van der Waals surface area contributed by atoms with Gasteiger partial charge in [0.15, 0.2) is 6.23 Å². The standard InChI is InChI=1S/C27H47N3O5/c1-2-3-4-5-6-7-8-9-10-11-12-13-14-15-16-17-20-34-21-22-24(31)25(32)26(35-22)30-19-18-23(28)29-27(30)33/h9-10,18-19,22,24-26,31-32H,2-8,11-17,20-21H2,1H3,(H2,28,29,33)/t22-,24-,25-,26-/m1/s1. The van der Waals surface area contributed by atoms with Gasteiger partial charge in [-0.3, -0.25) is 4.57 Å². The largest absolute Gasteiger partial charge is 0.387 e. The van der Waals surface area contributed by atoms with E-state index >= 15 is 0 Å². The first kappa shape index (κ1) is 29.5. The van der Waals surface area contributed by atoms with Gasteiger partial charge in [-0.05, 0) is 38.2 Å². The van der Waals surface area contributed by atoms with Crippen LogP contribution in [0.25, 0.3) is 0 Å². The number of hydrogen-bond donors (Lipinski definition) is 3. The molecule has 1 aromatic rings. The van der Waals surface area contributed by atoms with Gasteiger partial charge in [-0.25, -0.2) is 4.79 Å². The number of anilines is 1. The minimum atomic E-state index is -1.24. The van der Waals surface area contributed by atoms with Gasteiger partial charge in [0.1, 0.15) is 24.1 Å². The van der Waals surface area contributed by atoms with Crippen molar-refractivity contribution in [2.24, 2.45) is 0 Å². The molecule has 2 heterocycles. The van der Waals surface area contributed by atoms with Gasteiger partial charge in [0.25, 0.3) is 0 Å². The Labute approximate surface area is 210 Å². The molecule has 0 unspecified atom stereocenters. The molecule has 200 valence electrons. The summed E-state index contributed by atoms with van der Waals surface area (Å²) in [7, 11) is 0. The molecule has 1 aliphatic rings. The van der Waals surface area contributed by atoms with Gasteiger partial charge in [0.05, 0.1) is 6.61 Å². The lowest BCUT2D eigenvalue weighted by Crippen LogP contribution is -2.36. The van der Waals surface area contributed by atoms with Gasteiger partial charge >= 0.3 is 5.69 Å². The topological polar surface area (TPSA) is 120 Å². The average molecular weight is 494 g/mol.